The SMILES string of the molecule is FC(F)(F)Sc1ccc2sc(Br)nc2c1. The zero-order chi connectivity index (χ0) is 11.1. The molecule has 0 radical (unpaired) electrons. The number of aromatic nitrogens is 1. The van der Waals surface area contributed by atoms with E-state index in [0.717, 1.165) is 4.70 Å². The van der Waals surface area contributed by atoms with Gasteiger partial charge in [-0.1, -0.05) is 0 Å². The lowest BCUT2D eigenvalue weighted by molar-refractivity contribution is -0.0328. The lowest BCUT2D eigenvalue weighted by atomic mass is 10.3. The number of nitrogens with zero attached hydrogens (tertiary/aromatic N) is 1. The van der Waals surface area contributed by atoms with Gasteiger partial charge in [-0.25, -0.2) is 4.98 Å². The van der Waals surface area contributed by atoms with Crippen molar-refractivity contribution in [2.24, 2.45) is 0 Å². The summed E-state index contributed by atoms with van der Waals surface area (Å²) in [6.45, 7) is 0. The quantitative estimate of drug-likeness (QED) is 0.709. The number of thioether (sulfide) groups is 1. The van der Waals surface area contributed by atoms with Crippen molar-refractivity contribution in [2.75, 3.05) is 0 Å². The standard InChI is InChI=1S/C8H3BrF3NS2/c9-7-13-5-3-4(15-8(10,11)12)1-2-6(5)14-7/h1-3H. The van der Waals surface area contributed by atoms with E-state index >= 15 is 0 Å². The summed E-state index contributed by atoms with van der Waals surface area (Å²) in [5.41, 5.74) is -3.66. The van der Waals surface area contributed by atoms with Gasteiger partial charge in [-0.15, -0.1) is 11.3 Å². The largest absolute Gasteiger partial charge is 0.446 e. The van der Waals surface area contributed by atoms with E-state index in [4.69, 9.17) is 0 Å². The van der Waals surface area contributed by atoms with Crippen molar-refractivity contribution in [1.29, 1.82) is 0 Å². The van der Waals surface area contributed by atoms with Crippen LogP contribution in [0.5, 0.6) is 0 Å². The Kier molecular flexibility index (Phi) is 2.96. The average Bonchev–Trinajstić information content (AvgIpc) is 2.40. The van der Waals surface area contributed by atoms with Gasteiger partial charge >= 0.3 is 5.51 Å². The number of hydrogen-bond donors (Lipinski definition) is 0. The van der Waals surface area contributed by atoms with Crippen LogP contribution in [0.25, 0.3) is 10.2 Å². The number of hydrogen-bond acceptors (Lipinski definition) is 3. The third-order valence-corrected chi connectivity index (χ3v) is 3.78. The van der Waals surface area contributed by atoms with Crippen LogP contribution in [0.4, 0.5) is 13.2 Å². The first-order valence-electron chi connectivity index (χ1n) is 3.76. The van der Waals surface area contributed by atoms with Crippen LogP contribution >= 0.6 is 39.0 Å². The van der Waals surface area contributed by atoms with E-state index in [0.29, 0.717) is 9.43 Å². The molecule has 1 aromatic carbocycles. The van der Waals surface area contributed by atoms with E-state index < -0.39 is 5.51 Å². The van der Waals surface area contributed by atoms with Crippen LogP contribution in [0, 0.1) is 0 Å². The van der Waals surface area contributed by atoms with Gasteiger partial charge in [-0.3, -0.25) is 0 Å². The van der Waals surface area contributed by atoms with Gasteiger partial charge in [-0.2, -0.15) is 13.2 Å². The van der Waals surface area contributed by atoms with E-state index in [-0.39, 0.29) is 16.7 Å². The Morgan fingerprint density at radius 3 is 2.73 bits per heavy atom. The Hall–Kier alpha value is -0.270. The Labute approximate surface area is 99.8 Å². The molecule has 1 nitrogen and oxygen atoms in total. The van der Waals surface area contributed by atoms with E-state index in [1.807, 2.05) is 0 Å². The summed E-state index contributed by atoms with van der Waals surface area (Å²) in [6, 6.07) is 4.53. The molecule has 0 bridgehead atoms. The van der Waals surface area contributed by atoms with Crippen LogP contribution in [0.2, 0.25) is 0 Å². The Morgan fingerprint density at radius 1 is 1.33 bits per heavy atom. The summed E-state index contributed by atoms with van der Waals surface area (Å²) in [4.78, 5) is 4.22. The van der Waals surface area contributed by atoms with E-state index in [1.54, 1.807) is 6.07 Å². The van der Waals surface area contributed by atoms with Gasteiger partial charge in [0.05, 0.1) is 10.2 Å². The molecule has 0 fully saturated rings. The molecule has 1 aromatic heterocycles. The van der Waals surface area contributed by atoms with Crippen molar-refractivity contribution in [3.8, 4) is 0 Å². The van der Waals surface area contributed by atoms with Crippen LogP contribution in [0.1, 0.15) is 0 Å². The molecule has 0 aliphatic carbocycles. The third kappa shape index (κ3) is 2.85. The summed E-state index contributed by atoms with van der Waals surface area (Å²) in [5.74, 6) is 0. The minimum absolute atomic E-state index is 0.126. The minimum atomic E-state index is -4.25. The van der Waals surface area contributed by atoms with Crippen molar-refractivity contribution in [3.05, 3.63) is 22.1 Å². The van der Waals surface area contributed by atoms with E-state index in [9.17, 15) is 13.2 Å². The maximum atomic E-state index is 12.1. The van der Waals surface area contributed by atoms with Crippen LogP contribution in [0.15, 0.2) is 27.0 Å². The molecule has 15 heavy (non-hydrogen) atoms. The number of thiazole rings is 1. The molecule has 0 aliphatic heterocycles. The Bertz CT molecular complexity index is 494. The summed E-state index contributed by atoms with van der Waals surface area (Å²) in [7, 11) is 0. The Morgan fingerprint density at radius 2 is 2.07 bits per heavy atom. The molecule has 2 rings (SSSR count). The second-order valence-electron chi connectivity index (χ2n) is 2.64. The maximum Gasteiger partial charge on any atom is 0.446 e. The van der Waals surface area contributed by atoms with Crippen molar-refractivity contribution in [2.45, 2.75) is 10.4 Å². The van der Waals surface area contributed by atoms with Gasteiger partial charge in [0.1, 0.15) is 0 Å². The van der Waals surface area contributed by atoms with Gasteiger partial charge in [-0.05, 0) is 45.9 Å². The minimum Gasteiger partial charge on any atom is -0.229 e. The number of benzene rings is 1. The first-order chi connectivity index (χ1) is 6.94. The zero-order valence-corrected chi connectivity index (χ0v) is 10.2. The lowest BCUT2D eigenvalue weighted by Crippen LogP contribution is -1.98. The first kappa shape index (κ1) is 11.2. The van der Waals surface area contributed by atoms with Gasteiger partial charge in [0.25, 0.3) is 0 Å². The fourth-order valence-electron chi connectivity index (χ4n) is 1.08. The van der Waals surface area contributed by atoms with Crippen molar-refractivity contribution >= 4 is 49.2 Å². The second-order valence-corrected chi connectivity index (χ2v) is 6.09. The molecule has 2 aromatic rings. The topological polar surface area (TPSA) is 12.9 Å². The molecule has 0 atom stereocenters. The first-order valence-corrected chi connectivity index (χ1v) is 6.18. The fourth-order valence-corrected chi connectivity index (χ4v) is 3.04. The summed E-state index contributed by atoms with van der Waals surface area (Å²) in [5, 5.41) is 0. The molecule has 1 heterocycles. The monoisotopic (exact) mass is 313 g/mol. The van der Waals surface area contributed by atoms with Crippen molar-refractivity contribution in [3.63, 3.8) is 0 Å². The molecule has 80 valence electrons. The highest BCUT2D eigenvalue weighted by molar-refractivity contribution is 9.11. The maximum absolute atomic E-state index is 12.1. The zero-order valence-electron chi connectivity index (χ0n) is 7.01. The molecular weight excluding hydrogens is 311 g/mol. The van der Waals surface area contributed by atoms with Crippen LogP contribution in [0.3, 0.4) is 0 Å². The number of rotatable bonds is 1. The highest BCUT2D eigenvalue weighted by atomic mass is 79.9. The highest BCUT2D eigenvalue weighted by Crippen LogP contribution is 2.38. The van der Waals surface area contributed by atoms with Crippen LogP contribution < -0.4 is 0 Å². The molecule has 0 N–H and O–H groups in total. The molecule has 0 unspecified atom stereocenters. The summed E-state index contributed by atoms with van der Waals surface area (Å²) in [6.07, 6.45) is 0. The molecule has 0 saturated heterocycles. The fraction of sp³-hybridized carbons (Fsp3) is 0.125. The second kappa shape index (κ2) is 3.95. The van der Waals surface area contributed by atoms with Gasteiger partial charge in [0, 0.05) is 4.90 Å². The van der Waals surface area contributed by atoms with E-state index in [2.05, 4.69) is 20.9 Å². The third-order valence-electron chi connectivity index (χ3n) is 1.57. The van der Waals surface area contributed by atoms with Crippen LogP contribution in [-0.2, 0) is 0 Å². The smallest absolute Gasteiger partial charge is 0.229 e. The predicted molar refractivity (Wildman–Crippen MR) is 59.2 cm³/mol. The average molecular weight is 314 g/mol. The number of fused-ring (bicyclic) bond motifs is 1. The molecule has 0 saturated carbocycles. The highest BCUT2D eigenvalue weighted by Gasteiger charge is 2.29. The van der Waals surface area contributed by atoms with Gasteiger partial charge in [0.15, 0.2) is 3.92 Å². The lowest BCUT2D eigenvalue weighted by Gasteiger charge is -2.04. The van der Waals surface area contributed by atoms with E-state index in [1.165, 1.54) is 23.5 Å². The molecule has 0 aliphatic rings. The van der Waals surface area contributed by atoms with Crippen molar-refractivity contribution in [1.82, 2.24) is 4.98 Å². The van der Waals surface area contributed by atoms with Crippen molar-refractivity contribution < 1.29 is 13.2 Å². The van der Waals surface area contributed by atoms with Gasteiger partial charge < -0.3 is 0 Å². The predicted octanol–water partition coefficient (Wildman–Crippen LogP) is 4.67. The molecule has 7 heteroatoms. The molecule has 0 spiro atoms. The summed E-state index contributed by atoms with van der Waals surface area (Å²) < 4.78 is 37.8. The van der Waals surface area contributed by atoms with Crippen LogP contribution in [-0.4, -0.2) is 10.5 Å². The molecular formula is C8H3BrF3NS2. The van der Waals surface area contributed by atoms with Gasteiger partial charge in [0.2, 0.25) is 0 Å². The normalized spacial score (nSPS) is 12.3. The summed E-state index contributed by atoms with van der Waals surface area (Å²) >= 11 is 4.46. The number of halogens is 4. The molecule has 0 amide bonds. The Balaban J connectivity index is 2.38. The number of alkyl halides is 3.